The molecule has 1 heterocycles. The standard InChI is InChI=1S/C25H45N5O/c1-18(4-3-14-28-19(2)27)29-24(31)17-30-15-13-23(25(30)22-11-12-22)10-9-20-5-7-21(16-26)8-6-20/h18,20-21,23,28H,2-17,26-27H2,1H3,(H,29,31)/t18-,20?,21?,23?/m1/s1. The summed E-state index contributed by atoms with van der Waals surface area (Å²) in [4.78, 5) is 15.1. The first-order valence-corrected chi connectivity index (χ1v) is 12.6. The monoisotopic (exact) mass is 431 g/mol. The maximum atomic E-state index is 12.7. The molecule has 3 rings (SSSR count). The quantitative estimate of drug-likeness (QED) is 0.356. The van der Waals surface area contributed by atoms with Gasteiger partial charge >= 0.3 is 0 Å². The van der Waals surface area contributed by atoms with Crippen LogP contribution >= 0.6 is 0 Å². The van der Waals surface area contributed by atoms with Gasteiger partial charge < -0.3 is 27.0 Å². The van der Waals surface area contributed by atoms with Gasteiger partial charge in [-0.3, -0.25) is 4.79 Å². The second kappa shape index (κ2) is 11.8. The Labute approximate surface area is 189 Å². The summed E-state index contributed by atoms with van der Waals surface area (Å²) >= 11 is 0. The van der Waals surface area contributed by atoms with Gasteiger partial charge in [0.25, 0.3) is 0 Å². The van der Waals surface area contributed by atoms with Crippen molar-refractivity contribution < 1.29 is 4.79 Å². The molecule has 0 bridgehead atoms. The third-order valence-electron chi connectivity index (χ3n) is 7.47. The zero-order chi connectivity index (χ0) is 22.2. The van der Waals surface area contributed by atoms with Gasteiger partial charge in [0.05, 0.1) is 12.4 Å². The van der Waals surface area contributed by atoms with E-state index in [1.807, 2.05) is 0 Å². The first-order chi connectivity index (χ1) is 15.0. The van der Waals surface area contributed by atoms with Crippen LogP contribution in [0, 0.1) is 17.8 Å². The van der Waals surface area contributed by atoms with Crippen molar-refractivity contribution in [1.29, 1.82) is 0 Å². The van der Waals surface area contributed by atoms with E-state index < -0.39 is 0 Å². The Morgan fingerprint density at radius 2 is 1.87 bits per heavy atom. The van der Waals surface area contributed by atoms with Crippen molar-refractivity contribution in [3.05, 3.63) is 23.7 Å². The van der Waals surface area contributed by atoms with E-state index in [9.17, 15) is 4.79 Å². The maximum absolute atomic E-state index is 12.7. The van der Waals surface area contributed by atoms with Gasteiger partial charge in [0, 0.05) is 30.7 Å². The van der Waals surface area contributed by atoms with Gasteiger partial charge in [-0.25, -0.2) is 0 Å². The summed E-state index contributed by atoms with van der Waals surface area (Å²) < 4.78 is 0. The Bertz CT molecular complexity index is 632. The molecule has 2 saturated carbocycles. The van der Waals surface area contributed by atoms with E-state index in [0.29, 0.717) is 18.3 Å². The number of amides is 1. The molecule has 0 spiro atoms. The molecule has 3 fully saturated rings. The molecule has 1 amide bonds. The summed E-state index contributed by atoms with van der Waals surface area (Å²) in [7, 11) is 0. The number of carbonyl (C=O) groups excluding carboxylic acids is 1. The van der Waals surface area contributed by atoms with E-state index >= 15 is 0 Å². The third kappa shape index (κ3) is 7.74. The van der Waals surface area contributed by atoms with E-state index in [-0.39, 0.29) is 11.9 Å². The van der Waals surface area contributed by atoms with Gasteiger partial charge in [0.2, 0.25) is 5.91 Å². The molecular weight excluding hydrogens is 386 g/mol. The van der Waals surface area contributed by atoms with E-state index in [0.717, 1.165) is 44.3 Å². The second-order valence-electron chi connectivity index (χ2n) is 10.2. The molecule has 1 saturated heterocycles. The summed E-state index contributed by atoms with van der Waals surface area (Å²) in [6.45, 7) is 8.93. The summed E-state index contributed by atoms with van der Waals surface area (Å²) in [6, 6.07) is 0.180. The zero-order valence-electron chi connectivity index (χ0n) is 19.6. The molecule has 3 aliphatic rings. The molecule has 2 aliphatic carbocycles. The van der Waals surface area contributed by atoms with Crippen LogP contribution in [0.25, 0.3) is 0 Å². The topological polar surface area (TPSA) is 96.4 Å². The van der Waals surface area contributed by atoms with E-state index in [1.54, 1.807) is 5.57 Å². The highest BCUT2D eigenvalue weighted by atomic mass is 16.2. The molecule has 1 aliphatic heterocycles. The molecule has 0 aromatic carbocycles. The molecule has 1 unspecified atom stereocenters. The van der Waals surface area contributed by atoms with Crippen LogP contribution in [-0.2, 0) is 4.79 Å². The molecule has 6 nitrogen and oxygen atoms in total. The van der Waals surface area contributed by atoms with Gasteiger partial charge in [-0.05, 0) is 83.1 Å². The fourth-order valence-electron chi connectivity index (χ4n) is 5.52. The number of carbonyl (C=O) groups is 1. The van der Waals surface area contributed by atoms with Crippen molar-refractivity contribution in [2.45, 2.75) is 83.6 Å². The van der Waals surface area contributed by atoms with E-state index in [4.69, 9.17) is 11.5 Å². The highest BCUT2D eigenvalue weighted by Gasteiger charge is 2.35. The van der Waals surface area contributed by atoms with Crippen molar-refractivity contribution in [3.63, 3.8) is 0 Å². The SMILES string of the molecule is C=C(N)NCCC[C@@H](C)NC(=O)CN1CCC(CCC2CCC(CN)CC2)C1=C1CC1. The number of nitrogens with zero attached hydrogens (tertiary/aromatic N) is 1. The first-order valence-electron chi connectivity index (χ1n) is 12.6. The van der Waals surface area contributed by atoms with Gasteiger partial charge in [-0.2, -0.15) is 0 Å². The van der Waals surface area contributed by atoms with Crippen LogP contribution in [0.5, 0.6) is 0 Å². The molecule has 6 N–H and O–H groups in total. The van der Waals surface area contributed by atoms with Gasteiger partial charge in [-0.15, -0.1) is 0 Å². The largest absolute Gasteiger partial charge is 0.386 e. The van der Waals surface area contributed by atoms with Crippen LogP contribution in [-0.4, -0.2) is 43.0 Å². The Morgan fingerprint density at radius 3 is 2.52 bits per heavy atom. The Kier molecular flexibility index (Phi) is 9.12. The number of rotatable bonds is 12. The van der Waals surface area contributed by atoms with Gasteiger partial charge in [0.1, 0.15) is 0 Å². The highest BCUT2D eigenvalue weighted by Crippen LogP contribution is 2.43. The van der Waals surface area contributed by atoms with Gasteiger partial charge in [0.15, 0.2) is 0 Å². The van der Waals surface area contributed by atoms with Crippen molar-refractivity contribution in [1.82, 2.24) is 15.5 Å². The fourth-order valence-corrected chi connectivity index (χ4v) is 5.52. The fraction of sp³-hybridized carbons (Fsp3) is 0.800. The Morgan fingerprint density at radius 1 is 1.16 bits per heavy atom. The van der Waals surface area contributed by atoms with Crippen LogP contribution in [0.3, 0.4) is 0 Å². The minimum atomic E-state index is 0.156. The molecular formula is C25H45N5O. The van der Waals surface area contributed by atoms with Crippen LogP contribution in [0.15, 0.2) is 23.7 Å². The number of likely N-dealkylation sites (tertiary alicyclic amines) is 1. The zero-order valence-corrected chi connectivity index (χ0v) is 19.6. The van der Waals surface area contributed by atoms with Crippen LogP contribution in [0.1, 0.15) is 77.6 Å². The second-order valence-corrected chi connectivity index (χ2v) is 10.2. The minimum Gasteiger partial charge on any atom is -0.386 e. The summed E-state index contributed by atoms with van der Waals surface area (Å²) in [5.74, 6) is 2.98. The number of nitrogens with one attached hydrogen (secondary N) is 2. The normalized spacial score (nSPS) is 26.6. The molecule has 6 heteroatoms. The molecule has 0 aromatic rings. The Balaban J connectivity index is 1.40. The molecule has 31 heavy (non-hydrogen) atoms. The minimum absolute atomic E-state index is 0.156. The third-order valence-corrected chi connectivity index (χ3v) is 7.47. The molecule has 0 radical (unpaired) electrons. The smallest absolute Gasteiger partial charge is 0.239 e. The first kappa shape index (κ1) is 24.0. The predicted octanol–water partition coefficient (Wildman–Crippen LogP) is 3.21. The highest BCUT2D eigenvalue weighted by molar-refractivity contribution is 5.78. The average molecular weight is 432 g/mol. The van der Waals surface area contributed by atoms with Crippen molar-refractivity contribution in [2.24, 2.45) is 29.2 Å². The Hall–Kier alpha value is -1.69. The number of hydrogen-bond acceptors (Lipinski definition) is 5. The van der Waals surface area contributed by atoms with Crippen LogP contribution in [0.2, 0.25) is 0 Å². The van der Waals surface area contributed by atoms with Crippen LogP contribution in [0.4, 0.5) is 0 Å². The lowest BCUT2D eigenvalue weighted by atomic mass is 9.78. The van der Waals surface area contributed by atoms with E-state index in [2.05, 4.69) is 29.0 Å². The summed E-state index contributed by atoms with van der Waals surface area (Å²) in [5, 5.41) is 6.22. The number of nitrogens with two attached hydrogens (primary N) is 2. The predicted molar refractivity (Wildman–Crippen MR) is 128 cm³/mol. The molecule has 2 atom stereocenters. The van der Waals surface area contributed by atoms with Crippen molar-refractivity contribution in [3.8, 4) is 0 Å². The van der Waals surface area contributed by atoms with Crippen molar-refractivity contribution in [2.75, 3.05) is 26.2 Å². The molecule has 0 aromatic heterocycles. The summed E-state index contributed by atoms with van der Waals surface area (Å²) in [5.41, 5.74) is 14.5. The number of hydrogen-bond donors (Lipinski definition) is 4. The maximum Gasteiger partial charge on any atom is 0.239 e. The number of allylic oxidation sites excluding steroid dienone is 2. The van der Waals surface area contributed by atoms with Crippen molar-refractivity contribution >= 4 is 5.91 Å². The molecule has 176 valence electrons. The lowest BCUT2D eigenvalue weighted by molar-refractivity contribution is -0.122. The summed E-state index contributed by atoms with van der Waals surface area (Å²) in [6.07, 6.45) is 13.6. The average Bonchev–Trinajstić information content (AvgIpc) is 3.51. The van der Waals surface area contributed by atoms with Gasteiger partial charge in [-0.1, -0.05) is 25.0 Å². The lowest BCUT2D eigenvalue weighted by Crippen LogP contribution is -2.40. The van der Waals surface area contributed by atoms with E-state index in [1.165, 1.54) is 63.5 Å². The lowest BCUT2D eigenvalue weighted by Gasteiger charge is -2.29. The van der Waals surface area contributed by atoms with Crippen LogP contribution < -0.4 is 22.1 Å².